The van der Waals surface area contributed by atoms with Crippen LogP contribution in [0.2, 0.25) is 0 Å². The molecule has 1 aliphatic rings. The lowest BCUT2D eigenvalue weighted by Crippen LogP contribution is -2.40. The van der Waals surface area contributed by atoms with Crippen LogP contribution in [0.3, 0.4) is 0 Å². The van der Waals surface area contributed by atoms with E-state index in [2.05, 4.69) is 27.8 Å². The van der Waals surface area contributed by atoms with E-state index < -0.39 is 0 Å². The van der Waals surface area contributed by atoms with Gasteiger partial charge in [-0.05, 0) is 31.0 Å². The molecule has 2 N–H and O–H groups in total. The average Bonchev–Trinajstić information content (AvgIpc) is 2.39. The largest absolute Gasteiger partial charge is 0.494 e. The van der Waals surface area contributed by atoms with Crippen LogP contribution in [0.4, 0.5) is 0 Å². The Hall–Kier alpha value is -0.980. The van der Waals surface area contributed by atoms with E-state index in [9.17, 15) is 0 Å². The SMILES string of the molecule is CCOc1cccc(CNC2=NCCCN2)c1.I. The Kier molecular flexibility index (Phi) is 6.85. The highest BCUT2D eigenvalue weighted by molar-refractivity contribution is 14.0. The van der Waals surface area contributed by atoms with Gasteiger partial charge in [0.2, 0.25) is 0 Å². The van der Waals surface area contributed by atoms with Gasteiger partial charge >= 0.3 is 0 Å². The third-order valence-electron chi connectivity index (χ3n) is 2.57. The third-order valence-corrected chi connectivity index (χ3v) is 2.57. The maximum Gasteiger partial charge on any atom is 0.191 e. The number of hydrogen-bond acceptors (Lipinski definition) is 4. The van der Waals surface area contributed by atoms with E-state index in [0.29, 0.717) is 6.61 Å². The maximum atomic E-state index is 5.46. The van der Waals surface area contributed by atoms with Gasteiger partial charge < -0.3 is 15.4 Å². The van der Waals surface area contributed by atoms with E-state index in [1.54, 1.807) is 0 Å². The van der Waals surface area contributed by atoms with Crippen LogP contribution < -0.4 is 15.4 Å². The summed E-state index contributed by atoms with van der Waals surface area (Å²) in [5.41, 5.74) is 1.20. The van der Waals surface area contributed by atoms with Crippen molar-refractivity contribution in [2.75, 3.05) is 19.7 Å². The van der Waals surface area contributed by atoms with Crippen molar-refractivity contribution in [3.05, 3.63) is 29.8 Å². The highest BCUT2D eigenvalue weighted by Crippen LogP contribution is 2.12. The molecular formula is C13H20IN3O. The zero-order valence-corrected chi connectivity index (χ0v) is 12.9. The molecule has 0 aliphatic carbocycles. The minimum atomic E-state index is 0. The van der Waals surface area contributed by atoms with Crippen molar-refractivity contribution >= 4 is 29.9 Å². The molecule has 1 aliphatic heterocycles. The number of nitrogens with zero attached hydrogens (tertiary/aromatic N) is 1. The Bertz CT molecular complexity index is 396. The minimum absolute atomic E-state index is 0. The fourth-order valence-electron chi connectivity index (χ4n) is 1.75. The molecule has 0 aromatic heterocycles. The zero-order chi connectivity index (χ0) is 11.9. The number of aliphatic imine (C=N–C) groups is 1. The number of rotatable bonds is 4. The van der Waals surface area contributed by atoms with Crippen molar-refractivity contribution < 1.29 is 4.74 Å². The van der Waals surface area contributed by atoms with Gasteiger partial charge in [0.25, 0.3) is 0 Å². The van der Waals surface area contributed by atoms with Crippen LogP contribution in [0.25, 0.3) is 0 Å². The Balaban J connectivity index is 0.00000162. The standard InChI is InChI=1S/C13H19N3O.HI/c1-2-17-12-6-3-5-11(9-12)10-16-13-14-7-4-8-15-13;/h3,5-6,9H,2,4,7-8,10H2,1H3,(H2,14,15,16);1H. The highest BCUT2D eigenvalue weighted by Gasteiger charge is 2.03. The Morgan fingerprint density at radius 1 is 1.44 bits per heavy atom. The van der Waals surface area contributed by atoms with Crippen molar-refractivity contribution in [1.29, 1.82) is 0 Å². The summed E-state index contributed by atoms with van der Waals surface area (Å²) < 4.78 is 5.46. The zero-order valence-electron chi connectivity index (χ0n) is 10.6. The number of hydrogen-bond donors (Lipinski definition) is 2. The average molecular weight is 361 g/mol. The van der Waals surface area contributed by atoms with Crippen molar-refractivity contribution in [2.45, 2.75) is 19.9 Å². The molecule has 1 aromatic rings. The monoisotopic (exact) mass is 361 g/mol. The molecule has 1 heterocycles. The van der Waals surface area contributed by atoms with Crippen LogP contribution in [0.5, 0.6) is 5.75 Å². The van der Waals surface area contributed by atoms with Crippen LogP contribution >= 0.6 is 24.0 Å². The fraction of sp³-hybridized carbons (Fsp3) is 0.462. The molecule has 0 spiro atoms. The summed E-state index contributed by atoms with van der Waals surface area (Å²) in [5.74, 6) is 1.82. The predicted octanol–water partition coefficient (Wildman–Crippen LogP) is 2.14. The molecule has 1 aromatic carbocycles. The Morgan fingerprint density at radius 3 is 3.06 bits per heavy atom. The van der Waals surface area contributed by atoms with Crippen LogP contribution in [-0.4, -0.2) is 25.7 Å². The lowest BCUT2D eigenvalue weighted by Gasteiger charge is -2.16. The minimum Gasteiger partial charge on any atom is -0.494 e. The molecule has 0 saturated heterocycles. The number of nitrogens with one attached hydrogen (secondary N) is 2. The Labute approximate surface area is 125 Å². The molecule has 0 bridgehead atoms. The molecule has 0 atom stereocenters. The first-order chi connectivity index (χ1) is 8.38. The van der Waals surface area contributed by atoms with Crippen molar-refractivity contribution in [3.8, 4) is 5.75 Å². The van der Waals surface area contributed by atoms with Crippen LogP contribution in [0.15, 0.2) is 29.3 Å². The van der Waals surface area contributed by atoms with Gasteiger partial charge in [-0.1, -0.05) is 12.1 Å². The molecule has 0 radical (unpaired) electrons. The summed E-state index contributed by atoms with van der Waals surface area (Å²) in [4.78, 5) is 4.37. The van der Waals surface area contributed by atoms with Gasteiger partial charge in [-0.3, -0.25) is 4.99 Å². The number of guanidine groups is 1. The van der Waals surface area contributed by atoms with Crippen LogP contribution in [0.1, 0.15) is 18.9 Å². The van der Waals surface area contributed by atoms with Crippen LogP contribution in [-0.2, 0) is 6.54 Å². The molecule has 18 heavy (non-hydrogen) atoms. The summed E-state index contributed by atoms with van der Waals surface area (Å²) in [6.45, 7) is 5.38. The molecule has 5 heteroatoms. The first-order valence-corrected chi connectivity index (χ1v) is 6.12. The summed E-state index contributed by atoms with van der Waals surface area (Å²) in [6, 6.07) is 8.13. The molecule has 0 amide bonds. The second-order valence-electron chi connectivity index (χ2n) is 3.94. The normalized spacial score (nSPS) is 13.9. The highest BCUT2D eigenvalue weighted by atomic mass is 127. The lowest BCUT2D eigenvalue weighted by atomic mass is 10.2. The summed E-state index contributed by atoms with van der Waals surface area (Å²) in [6.07, 6.45) is 1.12. The first-order valence-electron chi connectivity index (χ1n) is 6.12. The van der Waals surface area contributed by atoms with Gasteiger partial charge in [0.05, 0.1) is 6.61 Å². The molecule has 0 fully saturated rings. The fourth-order valence-corrected chi connectivity index (χ4v) is 1.75. The second-order valence-corrected chi connectivity index (χ2v) is 3.94. The second kappa shape index (κ2) is 8.18. The van der Waals surface area contributed by atoms with Gasteiger partial charge in [0.15, 0.2) is 5.96 Å². The summed E-state index contributed by atoms with van der Waals surface area (Å²) in [7, 11) is 0. The molecule has 100 valence electrons. The summed E-state index contributed by atoms with van der Waals surface area (Å²) in [5, 5.41) is 6.53. The first kappa shape index (κ1) is 15.1. The molecule has 0 saturated carbocycles. The molecule has 4 nitrogen and oxygen atoms in total. The third kappa shape index (κ3) is 4.72. The Morgan fingerprint density at radius 2 is 2.33 bits per heavy atom. The topological polar surface area (TPSA) is 45.6 Å². The van der Waals surface area contributed by atoms with Gasteiger partial charge in [-0.2, -0.15) is 0 Å². The lowest BCUT2D eigenvalue weighted by molar-refractivity contribution is 0.340. The predicted molar refractivity (Wildman–Crippen MR) is 84.8 cm³/mol. The maximum absolute atomic E-state index is 5.46. The van der Waals surface area contributed by atoms with Gasteiger partial charge in [-0.25, -0.2) is 0 Å². The van der Waals surface area contributed by atoms with Crippen molar-refractivity contribution in [3.63, 3.8) is 0 Å². The molecular weight excluding hydrogens is 341 g/mol. The number of benzene rings is 1. The van der Waals surface area contributed by atoms with Gasteiger partial charge in [0.1, 0.15) is 5.75 Å². The van der Waals surface area contributed by atoms with E-state index in [0.717, 1.165) is 37.8 Å². The van der Waals surface area contributed by atoms with Crippen molar-refractivity contribution in [1.82, 2.24) is 10.6 Å². The number of halogens is 1. The summed E-state index contributed by atoms with van der Waals surface area (Å²) >= 11 is 0. The van der Waals surface area contributed by atoms with Gasteiger partial charge in [0, 0.05) is 19.6 Å². The number of ether oxygens (including phenoxy) is 1. The smallest absolute Gasteiger partial charge is 0.191 e. The molecule has 2 rings (SSSR count). The van der Waals surface area contributed by atoms with E-state index in [1.807, 2.05) is 19.1 Å². The van der Waals surface area contributed by atoms with E-state index in [4.69, 9.17) is 4.74 Å². The van der Waals surface area contributed by atoms with E-state index >= 15 is 0 Å². The van der Waals surface area contributed by atoms with Gasteiger partial charge in [-0.15, -0.1) is 24.0 Å². The van der Waals surface area contributed by atoms with Crippen LogP contribution in [0, 0.1) is 0 Å². The van der Waals surface area contributed by atoms with E-state index in [-0.39, 0.29) is 24.0 Å². The molecule has 0 unspecified atom stereocenters. The van der Waals surface area contributed by atoms with E-state index in [1.165, 1.54) is 5.56 Å². The quantitative estimate of drug-likeness (QED) is 0.808. The van der Waals surface area contributed by atoms with Crippen molar-refractivity contribution in [2.24, 2.45) is 4.99 Å².